The Bertz CT molecular complexity index is 292. The largest absolute Gasteiger partial charge is 0.490 e. The van der Waals surface area contributed by atoms with Gasteiger partial charge in [-0.15, -0.1) is 0 Å². The Morgan fingerprint density at radius 2 is 2.15 bits per heavy atom. The molecule has 0 saturated heterocycles. The minimum atomic E-state index is 0.344. The molecule has 1 aromatic rings. The van der Waals surface area contributed by atoms with Crippen LogP contribution in [0.4, 0.5) is 0 Å². The minimum Gasteiger partial charge on any atom is -0.490 e. The predicted octanol–water partition coefficient (Wildman–Crippen LogP) is 1.86. The van der Waals surface area contributed by atoms with E-state index in [0.717, 1.165) is 18.6 Å². The molecule has 2 rings (SSSR count). The van der Waals surface area contributed by atoms with Crippen molar-refractivity contribution < 1.29 is 4.74 Å². The minimum absolute atomic E-state index is 0.344. The van der Waals surface area contributed by atoms with E-state index in [0.29, 0.717) is 12.1 Å². The van der Waals surface area contributed by atoms with E-state index in [1.165, 1.54) is 5.56 Å². The number of benzene rings is 1. The molecule has 0 amide bonds. The standard InChI is InChI=1S/C11H15NO/c1-8-3-2-4-10(5-8)13-11-6-9(12)7-11/h2-5,9,11H,6-7,12H2,1H3. The Morgan fingerprint density at radius 3 is 2.77 bits per heavy atom. The fraction of sp³-hybridized carbons (Fsp3) is 0.455. The maximum Gasteiger partial charge on any atom is 0.119 e. The van der Waals surface area contributed by atoms with Crippen molar-refractivity contribution in [2.24, 2.45) is 5.73 Å². The molecule has 0 aliphatic heterocycles. The number of hydrogen-bond donors (Lipinski definition) is 1. The summed E-state index contributed by atoms with van der Waals surface area (Å²) in [6.07, 6.45) is 2.33. The summed E-state index contributed by atoms with van der Waals surface area (Å²) in [7, 11) is 0. The smallest absolute Gasteiger partial charge is 0.119 e. The molecule has 0 radical (unpaired) electrons. The molecule has 0 atom stereocenters. The normalized spacial score (nSPS) is 26.6. The van der Waals surface area contributed by atoms with Crippen LogP contribution >= 0.6 is 0 Å². The Balaban J connectivity index is 1.94. The summed E-state index contributed by atoms with van der Waals surface area (Å²) >= 11 is 0. The van der Waals surface area contributed by atoms with Crippen molar-refractivity contribution in [2.75, 3.05) is 0 Å². The van der Waals surface area contributed by atoms with E-state index in [1.807, 2.05) is 12.1 Å². The van der Waals surface area contributed by atoms with Crippen molar-refractivity contribution in [3.8, 4) is 5.75 Å². The zero-order valence-electron chi connectivity index (χ0n) is 7.86. The van der Waals surface area contributed by atoms with Crippen molar-refractivity contribution in [1.29, 1.82) is 0 Å². The quantitative estimate of drug-likeness (QED) is 0.748. The molecule has 0 bridgehead atoms. The van der Waals surface area contributed by atoms with Gasteiger partial charge in [-0.25, -0.2) is 0 Å². The van der Waals surface area contributed by atoms with Crippen LogP contribution < -0.4 is 10.5 Å². The molecule has 2 N–H and O–H groups in total. The summed E-state index contributed by atoms with van der Waals surface area (Å²) in [6.45, 7) is 2.07. The third-order valence-corrected chi connectivity index (χ3v) is 2.42. The summed E-state index contributed by atoms with van der Waals surface area (Å²) in [5, 5.41) is 0. The molecular weight excluding hydrogens is 162 g/mol. The van der Waals surface area contributed by atoms with Gasteiger partial charge < -0.3 is 10.5 Å². The van der Waals surface area contributed by atoms with Gasteiger partial charge in [-0.2, -0.15) is 0 Å². The Morgan fingerprint density at radius 1 is 1.38 bits per heavy atom. The van der Waals surface area contributed by atoms with Crippen LogP contribution in [0, 0.1) is 6.92 Å². The van der Waals surface area contributed by atoms with Gasteiger partial charge in [0.2, 0.25) is 0 Å². The molecule has 1 aliphatic rings. The lowest BCUT2D eigenvalue weighted by Crippen LogP contribution is -2.43. The third-order valence-electron chi connectivity index (χ3n) is 2.42. The van der Waals surface area contributed by atoms with Gasteiger partial charge >= 0.3 is 0 Å². The zero-order chi connectivity index (χ0) is 9.26. The fourth-order valence-corrected chi connectivity index (χ4v) is 1.58. The number of ether oxygens (including phenoxy) is 1. The first-order valence-corrected chi connectivity index (χ1v) is 4.73. The predicted molar refractivity (Wildman–Crippen MR) is 52.8 cm³/mol. The highest BCUT2D eigenvalue weighted by atomic mass is 16.5. The average molecular weight is 177 g/mol. The highest BCUT2D eigenvalue weighted by Gasteiger charge is 2.27. The molecule has 2 heteroatoms. The molecule has 70 valence electrons. The maximum absolute atomic E-state index is 5.72. The van der Waals surface area contributed by atoms with Crippen LogP contribution in [0.2, 0.25) is 0 Å². The van der Waals surface area contributed by atoms with Gasteiger partial charge in [0.15, 0.2) is 0 Å². The summed E-state index contributed by atoms with van der Waals surface area (Å²) in [4.78, 5) is 0. The summed E-state index contributed by atoms with van der Waals surface area (Å²) in [5.41, 5.74) is 6.91. The summed E-state index contributed by atoms with van der Waals surface area (Å²) in [6, 6.07) is 8.50. The van der Waals surface area contributed by atoms with E-state index < -0.39 is 0 Å². The monoisotopic (exact) mass is 177 g/mol. The lowest BCUT2D eigenvalue weighted by molar-refractivity contribution is 0.101. The van der Waals surface area contributed by atoms with E-state index >= 15 is 0 Å². The van der Waals surface area contributed by atoms with Gasteiger partial charge in [0.25, 0.3) is 0 Å². The molecule has 1 fully saturated rings. The molecule has 13 heavy (non-hydrogen) atoms. The molecule has 0 spiro atoms. The molecule has 0 unspecified atom stereocenters. The van der Waals surface area contributed by atoms with Crippen molar-refractivity contribution in [1.82, 2.24) is 0 Å². The topological polar surface area (TPSA) is 35.2 Å². The van der Waals surface area contributed by atoms with Crippen LogP contribution in [0.25, 0.3) is 0 Å². The summed E-state index contributed by atoms with van der Waals surface area (Å²) < 4.78 is 5.72. The summed E-state index contributed by atoms with van der Waals surface area (Å²) in [5.74, 6) is 0.969. The molecule has 1 aliphatic carbocycles. The SMILES string of the molecule is Cc1cccc(OC2CC(N)C2)c1. The maximum atomic E-state index is 5.72. The molecule has 2 nitrogen and oxygen atoms in total. The van der Waals surface area contributed by atoms with Crippen LogP contribution in [0.5, 0.6) is 5.75 Å². The van der Waals surface area contributed by atoms with E-state index in [2.05, 4.69) is 19.1 Å². The molecule has 0 heterocycles. The fourth-order valence-electron chi connectivity index (χ4n) is 1.58. The van der Waals surface area contributed by atoms with Crippen LogP contribution in [-0.4, -0.2) is 12.1 Å². The van der Waals surface area contributed by atoms with Gasteiger partial charge in [0.05, 0.1) is 0 Å². The van der Waals surface area contributed by atoms with E-state index in [4.69, 9.17) is 10.5 Å². The van der Waals surface area contributed by atoms with E-state index in [-0.39, 0.29) is 0 Å². The van der Waals surface area contributed by atoms with Gasteiger partial charge in [-0.3, -0.25) is 0 Å². The molecule has 1 aromatic carbocycles. The van der Waals surface area contributed by atoms with Crippen LogP contribution in [0.15, 0.2) is 24.3 Å². The van der Waals surface area contributed by atoms with E-state index in [1.54, 1.807) is 0 Å². The van der Waals surface area contributed by atoms with Gasteiger partial charge in [-0.05, 0) is 37.5 Å². The zero-order valence-corrected chi connectivity index (χ0v) is 7.86. The van der Waals surface area contributed by atoms with Crippen LogP contribution in [0.1, 0.15) is 18.4 Å². The second kappa shape index (κ2) is 3.38. The molecular formula is C11H15NO. The lowest BCUT2D eigenvalue weighted by atomic mass is 9.90. The second-order valence-electron chi connectivity index (χ2n) is 3.79. The van der Waals surface area contributed by atoms with Crippen molar-refractivity contribution in [3.05, 3.63) is 29.8 Å². The van der Waals surface area contributed by atoms with Crippen LogP contribution in [0.3, 0.4) is 0 Å². The highest BCUT2D eigenvalue weighted by molar-refractivity contribution is 5.27. The molecule has 0 aromatic heterocycles. The Kier molecular flexibility index (Phi) is 2.23. The number of rotatable bonds is 2. The van der Waals surface area contributed by atoms with Gasteiger partial charge in [0.1, 0.15) is 11.9 Å². The first-order chi connectivity index (χ1) is 6.24. The lowest BCUT2D eigenvalue weighted by Gasteiger charge is -2.32. The van der Waals surface area contributed by atoms with Crippen molar-refractivity contribution in [2.45, 2.75) is 31.9 Å². The van der Waals surface area contributed by atoms with Crippen molar-refractivity contribution in [3.63, 3.8) is 0 Å². The average Bonchev–Trinajstić information content (AvgIpc) is 2.01. The first kappa shape index (κ1) is 8.57. The number of nitrogens with two attached hydrogens (primary N) is 1. The Hall–Kier alpha value is -1.02. The van der Waals surface area contributed by atoms with Gasteiger partial charge in [-0.1, -0.05) is 12.1 Å². The van der Waals surface area contributed by atoms with Crippen molar-refractivity contribution >= 4 is 0 Å². The first-order valence-electron chi connectivity index (χ1n) is 4.73. The van der Waals surface area contributed by atoms with Crippen LogP contribution in [-0.2, 0) is 0 Å². The number of hydrogen-bond acceptors (Lipinski definition) is 2. The van der Waals surface area contributed by atoms with E-state index in [9.17, 15) is 0 Å². The molecule has 1 saturated carbocycles. The second-order valence-corrected chi connectivity index (χ2v) is 3.79. The number of aryl methyl sites for hydroxylation is 1. The van der Waals surface area contributed by atoms with Gasteiger partial charge in [0, 0.05) is 6.04 Å². The Labute approximate surface area is 78.7 Å². The highest BCUT2D eigenvalue weighted by Crippen LogP contribution is 2.24. The third kappa shape index (κ3) is 2.01.